The van der Waals surface area contributed by atoms with Crippen molar-refractivity contribution in [1.29, 1.82) is 0 Å². The number of hydrogen-bond acceptors (Lipinski definition) is 10. The minimum absolute atomic E-state index is 0.0256. The van der Waals surface area contributed by atoms with Crippen molar-refractivity contribution in [2.24, 2.45) is 74.9 Å². The van der Waals surface area contributed by atoms with Crippen LogP contribution in [0.25, 0.3) is 0 Å². The predicted octanol–water partition coefficient (Wildman–Crippen LogP) is 9.30. The topological polar surface area (TPSA) is 119 Å². The van der Waals surface area contributed by atoms with E-state index in [-0.39, 0.29) is 69.3 Å². The molecule has 0 bridgehead atoms. The second-order valence-corrected chi connectivity index (χ2v) is 22.7. The molecule has 8 aliphatic rings. The normalized spacial score (nSPS) is 45.5. The molecule has 10 heteroatoms. The molecule has 2 spiro atoms. The highest BCUT2D eigenvalue weighted by Gasteiger charge is 2.68. The van der Waals surface area contributed by atoms with Crippen LogP contribution < -0.4 is 5.32 Å². The average molecular weight is 842 g/mol. The van der Waals surface area contributed by atoms with E-state index in [2.05, 4.69) is 60.7 Å². The molecule has 60 heavy (non-hydrogen) atoms. The van der Waals surface area contributed by atoms with Gasteiger partial charge >= 0.3 is 11.9 Å². The molecule has 342 valence electrons. The minimum atomic E-state index is -0.499. The first-order valence-corrected chi connectivity index (χ1v) is 24.4. The molecule has 2 saturated heterocycles. The highest BCUT2D eigenvalue weighted by molar-refractivity contribution is 5.66. The van der Waals surface area contributed by atoms with Gasteiger partial charge in [0.25, 0.3) is 0 Å². The number of ether oxygens (including phenoxy) is 6. The molecule has 0 aromatic rings. The summed E-state index contributed by atoms with van der Waals surface area (Å²) >= 11 is 0. The minimum Gasteiger partial charge on any atom is -0.462 e. The van der Waals surface area contributed by atoms with E-state index < -0.39 is 5.79 Å². The first kappa shape index (κ1) is 46.4. The molecule has 2 heterocycles. The summed E-state index contributed by atoms with van der Waals surface area (Å²) in [5.41, 5.74) is -0.144. The van der Waals surface area contributed by atoms with Crippen LogP contribution in [0.4, 0.5) is 0 Å². The Morgan fingerprint density at radius 2 is 1.07 bits per heavy atom. The number of rotatable bonds is 9. The summed E-state index contributed by atoms with van der Waals surface area (Å²) < 4.78 is 36.9. The largest absolute Gasteiger partial charge is 0.462 e. The maximum atomic E-state index is 12.4. The lowest BCUT2D eigenvalue weighted by atomic mass is 9.50. The predicted molar refractivity (Wildman–Crippen MR) is 230 cm³/mol. The quantitative estimate of drug-likeness (QED) is 0.178. The number of carbonyl (C=O) groups is 3. The van der Waals surface area contributed by atoms with Crippen molar-refractivity contribution in [1.82, 2.24) is 5.32 Å². The van der Waals surface area contributed by atoms with Gasteiger partial charge in [-0.1, -0.05) is 55.4 Å². The number of nitrogens with one attached hydrogen (secondary N) is 1. The maximum absolute atomic E-state index is 12.4. The first-order valence-electron chi connectivity index (χ1n) is 24.4. The van der Waals surface area contributed by atoms with Gasteiger partial charge in [0.2, 0.25) is 0 Å². The fourth-order valence-corrected chi connectivity index (χ4v) is 15.4. The van der Waals surface area contributed by atoms with Crippen molar-refractivity contribution in [3.63, 3.8) is 0 Å². The molecule has 6 aliphatic carbocycles. The van der Waals surface area contributed by atoms with Gasteiger partial charge in [0, 0.05) is 54.3 Å². The van der Waals surface area contributed by atoms with Gasteiger partial charge < -0.3 is 38.5 Å². The molecule has 1 N–H and O–H groups in total. The van der Waals surface area contributed by atoms with Gasteiger partial charge in [0.1, 0.15) is 18.5 Å². The van der Waals surface area contributed by atoms with Gasteiger partial charge in [-0.15, -0.1) is 0 Å². The van der Waals surface area contributed by atoms with Crippen molar-refractivity contribution >= 4 is 18.2 Å². The Bertz CT molecular complexity index is 1520. The standard InChI is InChI=1S/C27H47NO4.C23H36O5/c1-18(2)16-28-17-21-22(25(5)10-7-19(3)15-24(25)32-20(4)29)8-11-26(6)23(21)9-12-27(26)30-13-14-31-27;1-15-5-8-21(3,20(13-15)28-16(2)25)18-6-9-22(4)19(17(18)14-24)7-10-23(22)26-11-12-27-23/h18-19,21-24,28H,7-17H2,1-6H3;14-15,17-20H,5-13H2,1-4H3/t19-,21+,22?,23?,24-,25+,26-;15-,17+,18?,19?,20-,21+,22-/m00/s1. The van der Waals surface area contributed by atoms with Crippen molar-refractivity contribution < 1.29 is 42.8 Å². The van der Waals surface area contributed by atoms with Crippen LogP contribution in [0.5, 0.6) is 0 Å². The van der Waals surface area contributed by atoms with E-state index in [4.69, 9.17) is 28.4 Å². The Labute approximate surface area is 362 Å². The van der Waals surface area contributed by atoms with E-state index in [0.29, 0.717) is 48.7 Å². The van der Waals surface area contributed by atoms with Crippen LogP contribution in [0.3, 0.4) is 0 Å². The van der Waals surface area contributed by atoms with Crippen LogP contribution >= 0.6 is 0 Å². The van der Waals surface area contributed by atoms with Gasteiger partial charge in [0.05, 0.1) is 26.4 Å². The Kier molecular flexibility index (Phi) is 13.7. The molecule has 0 aromatic heterocycles. The summed E-state index contributed by atoms with van der Waals surface area (Å²) in [6.45, 7) is 26.5. The zero-order valence-electron chi connectivity index (χ0n) is 39.2. The fraction of sp³-hybridized carbons (Fsp3) is 0.940. The average Bonchev–Trinajstić information content (AvgIpc) is 3.99. The van der Waals surface area contributed by atoms with Gasteiger partial charge in [-0.25, -0.2) is 0 Å². The lowest BCUT2D eigenvalue weighted by Gasteiger charge is -2.57. The number of aldehydes is 1. The smallest absolute Gasteiger partial charge is 0.302 e. The van der Waals surface area contributed by atoms with E-state index in [1.807, 2.05) is 0 Å². The summed E-state index contributed by atoms with van der Waals surface area (Å²) in [6.07, 6.45) is 15.9. The summed E-state index contributed by atoms with van der Waals surface area (Å²) in [7, 11) is 0. The van der Waals surface area contributed by atoms with Crippen LogP contribution in [-0.4, -0.2) is 81.5 Å². The van der Waals surface area contributed by atoms with Crippen LogP contribution in [0, 0.1) is 74.9 Å². The van der Waals surface area contributed by atoms with Gasteiger partial charge in [0.15, 0.2) is 11.6 Å². The second-order valence-electron chi connectivity index (χ2n) is 22.7. The molecule has 10 nitrogen and oxygen atoms in total. The summed E-state index contributed by atoms with van der Waals surface area (Å²) in [6, 6.07) is 0. The Morgan fingerprint density at radius 3 is 1.53 bits per heavy atom. The van der Waals surface area contributed by atoms with Gasteiger partial charge in [-0.3, -0.25) is 9.59 Å². The molecular formula is C50H83NO9. The van der Waals surface area contributed by atoms with Crippen LogP contribution in [0.1, 0.15) is 159 Å². The van der Waals surface area contributed by atoms with Crippen LogP contribution in [-0.2, 0) is 42.8 Å². The first-order chi connectivity index (χ1) is 28.4. The third-order valence-corrected chi connectivity index (χ3v) is 18.8. The Hall–Kier alpha value is -1.59. The number of hydrogen-bond donors (Lipinski definition) is 1. The van der Waals surface area contributed by atoms with E-state index in [0.717, 1.165) is 103 Å². The molecule has 4 unspecified atom stereocenters. The monoisotopic (exact) mass is 842 g/mol. The van der Waals surface area contributed by atoms with E-state index in [1.54, 1.807) is 6.92 Å². The molecular weight excluding hydrogens is 759 g/mol. The molecule has 8 rings (SSSR count). The lowest BCUT2D eigenvalue weighted by Crippen LogP contribution is -2.58. The summed E-state index contributed by atoms with van der Waals surface area (Å²) in [4.78, 5) is 36.3. The van der Waals surface area contributed by atoms with Gasteiger partial charge in [-0.2, -0.15) is 0 Å². The number of esters is 2. The molecule has 0 radical (unpaired) electrons. The van der Waals surface area contributed by atoms with Crippen LogP contribution in [0.2, 0.25) is 0 Å². The van der Waals surface area contributed by atoms with Crippen molar-refractivity contribution in [3.8, 4) is 0 Å². The number of fused-ring (bicyclic) bond motifs is 4. The molecule has 0 amide bonds. The van der Waals surface area contributed by atoms with Gasteiger partial charge in [-0.05, 0) is 137 Å². The van der Waals surface area contributed by atoms with Crippen molar-refractivity contribution in [2.45, 2.75) is 183 Å². The third kappa shape index (κ3) is 8.08. The van der Waals surface area contributed by atoms with E-state index in [9.17, 15) is 14.4 Å². The lowest BCUT2D eigenvalue weighted by molar-refractivity contribution is -0.245. The SMILES string of the molecule is CC(=O)O[C@H]1C[C@@H](C)CC[C@]1(C)C1CC[C@@]2(C)C(CCC23OCCO3)[C@@H]1C=O.CC(=O)O[C@H]1C[C@@H](C)CC[C@]1(C)C1CC[C@@]2(C)C(CCC23OCCO3)[C@@H]1CNCC(C)C. The summed E-state index contributed by atoms with van der Waals surface area (Å²) in [5.74, 6) is 2.77. The van der Waals surface area contributed by atoms with Crippen molar-refractivity contribution in [3.05, 3.63) is 0 Å². The molecule has 8 fully saturated rings. The zero-order valence-corrected chi connectivity index (χ0v) is 39.2. The maximum Gasteiger partial charge on any atom is 0.302 e. The molecule has 2 aliphatic heterocycles. The highest BCUT2D eigenvalue weighted by Crippen LogP contribution is 2.68. The summed E-state index contributed by atoms with van der Waals surface area (Å²) in [5, 5.41) is 3.82. The zero-order chi connectivity index (χ0) is 43.3. The fourth-order valence-electron chi connectivity index (χ4n) is 15.4. The molecule has 6 saturated carbocycles. The van der Waals surface area contributed by atoms with E-state index >= 15 is 0 Å². The van der Waals surface area contributed by atoms with E-state index in [1.165, 1.54) is 26.1 Å². The Balaban J connectivity index is 0.000000183. The Morgan fingerprint density at radius 1 is 0.633 bits per heavy atom. The second kappa shape index (κ2) is 17.8. The third-order valence-electron chi connectivity index (χ3n) is 18.8. The molecule has 0 aromatic carbocycles. The number of carbonyl (C=O) groups excluding carboxylic acids is 3. The van der Waals surface area contributed by atoms with Crippen molar-refractivity contribution in [2.75, 3.05) is 39.5 Å². The highest BCUT2D eigenvalue weighted by atomic mass is 16.7. The molecule has 14 atom stereocenters. The van der Waals surface area contributed by atoms with Crippen LogP contribution in [0.15, 0.2) is 0 Å².